The summed E-state index contributed by atoms with van der Waals surface area (Å²) in [7, 11) is 0. The fourth-order valence-corrected chi connectivity index (χ4v) is 9.43. The van der Waals surface area contributed by atoms with Crippen LogP contribution in [0.4, 0.5) is 0 Å². The highest BCUT2D eigenvalue weighted by molar-refractivity contribution is 6.13. The number of allylic oxidation sites excluding steroid dienone is 1. The first-order valence-corrected chi connectivity index (χ1v) is 20.7. The van der Waals surface area contributed by atoms with Gasteiger partial charge >= 0.3 is 0 Å². The number of para-hydroxylation sites is 2. The first-order chi connectivity index (χ1) is 29.5. The van der Waals surface area contributed by atoms with Crippen LogP contribution in [-0.2, 0) is 0 Å². The molecule has 0 spiro atoms. The molecule has 0 amide bonds. The summed E-state index contributed by atoms with van der Waals surface area (Å²) in [6.07, 6.45) is 6.29. The van der Waals surface area contributed by atoms with Crippen LogP contribution in [0.1, 0.15) is 29.3 Å². The van der Waals surface area contributed by atoms with Crippen molar-refractivity contribution in [2.75, 3.05) is 0 Å². The van der Waals surface area contributed by atoms with Crippen molar-refractivity contribution in [1.82, 2.24) is 13.7 Å². The second-order valence-electron chi connectivity index (χ2n) is 16.0. The monoisotopic (exact) mass is 769 g/mol. The molecule has 3 heteroatoms. The molecule has 11 aromatic rings. The van der Waals surface area contributed by atoms with Crippen LogP contribution >= 0.6 is 0 Å². The molecule has 0 atom stereocenters. The van der Waals surface area contributed by atoms with Gasteiger partial charge in [0, 0.05) is 49.6 Å². The molecule has 3 aromatic heterocycles. The summed E-state index contributed by atoms with van der Waals surface area (Å²) in [6, 6.07) is 64.8. The van der Waals surface area contributed by atoms with Crippen LogP contribution in [0.3, 0.4) is 0 Å². The SMILES string of the molecule is C=Cc1c(/C=C\C)n(-c2ccccc2)c2ccc(-c3ccc4c(c3)c3cc(-c5ccc6c(c5)c5cc(C)ccc5n6-c5ccccc5)ccc3n4-c3ccc(C)cc3)cc12. The number of nitrogens with zero attached hydrogens (tertiary/aromatic N) is 3. The maximum absolute atomic E-state index is 4.28. The third-order valence-electron chi connectivity index (χ3n) is 12.2. The predicted octanol–water partition coefficient (Wildman–Crippen LogP) is 15.5. The molecule has 0 radical (unpaired) electrons. The van der Waals surface area contributed by atoms with Crippen molar-refractivity contribution >= 4 is 66.7 Å². The molecular formula is C57H43N3. The van der Waals surface area contributed by atoms with Crippen molar-refractivity contribution in [1.29, 1.82) is 0 Å². The number of fused-ring (bicyclic) bond motifs is 7. The highest BCUT2D eigenvalue weighted by atomic mass is 15.0. The predicted molar refractivity (Wildman–Crippen MR) is 257 cm³/mol. The van der Waals surface area contributed by atoms with E-state index in [-0.39, 0.29) is 0 Å². The number of benzene rings is 8. The van der Waals surface area contributed by atoms with Crippen molar-refractivity contribution in [2.45, 2.75) is 20.8 Å². The Balaban J connectivity index is 1.11. The molecule has 0 saturated heterocycles. The Hall–Kier alpha value is -7.62. The van der Waals surface area contributed by atoms with Gasteiger partial charge in [0.25, 0.3) is 0 Å². The quantitative estimate of drug-likeness (QED) is 0.153. The number of hydrogen-bond donors (Lipinski definition) is 0. The molecule has 0 aliphatic heterocycles. The molecular weight excluding hydrogens is 727 g/mol. The third kappa shape index (κ3) is 5.58. The van der Waals surface area contributed by atoms with E-state index < -0.39 is 0 Å². The second kappa shape index (κ2) is 14.0. The number of aryl methyl sites for hydroxylation is 2. The summed E-state index contributed by atoms with van der Waals surface area (Å²) in [4.78, 5) is 0. The summed E-state index contributed by atoms with van der Waals surface area (Å²) in [5.74, 6) is 0. The van der Waals surface area contributed by atoms with E-state index >= 15 is 0 Å². The van der Waals surface area contributed by atoms with Crippen LogP contribution in [0.15, 0.2) is 189 Å². The maximum atomic E-state index is 4.28. The average molecular weight is 770 g/mol. The molecule has 3 heterocycles. The second-order valence-corrected chi connectivity index (χ2v) is 16.0. The van der Waals surface area contributed by atoms with Crippen molar-refractivity contribution in [3.8, 4) is 39.3 Å². The largest absolute Gasteiger partial charge is 0.309 e. The fourth-order valence-electron chi connectivity index (χ4n) is 9.43. The molecule has 60 heavy (non-hydrogen) atoms. The minimum atomic E-state index is 1.13. The zero-order chi connectivity index (χ0) is 40.5. The molecule has 8 aromatic carbocycles. The highest BCUT2D eigenvalue weighted by Crippen LogP contribution is 2.41. The molecule has 11 rings (SSSR count). The molecule has 0 bridgehead atoms. The van der Waals surface area contributed by atoms with E-state index in [1.807, 2.05) is 6.08 Å². The lowest BCUT2D eigenvalue weighted by Gasteiger charge is -2.10. The summed E-state index contributed by atoms with van der Waals surface area (Å²) in [5, 5.41) is 6.16. The minimum absolute atomic E-state index is 1.13. The maximum Gasteiger partial charge on any atom is 0.0541 e. The summed E-state index contributed by atoms with van der Waals surface area (Å²) < 4.78 is 7.15. The third-order valence-corrected chi connectivity index (χ3v) is 12.2. The highest BCUT2D eigenvalue weighted by Gasteiger charge is 2.19. The average Bonchev–Trinajstić information content (AvgIpc) is 3.91. The lowest BCUT2D eigenvalue weighted by Crippen LogP contribution is -1.96. The number of hydrogen-bond acceptors (Lipinski definition) is 0. The van der Waals surface area contributed by atoms with Gasteiger partial charge in [0.1, 0.15) is 0 Å². The Morgan fingerprint density at radius 3 is 1.23 bits per heavy atom. The van der Waals surface area contributed by atoms with Crippen LogP contribution < -0.4 is 0 Å². The zero-order valence-corrected chi connectivity index (χ0v) is 34.0. The molecule has 0 saturated carbocycles. The molecule has 3 nitrogen and oxygen atoms in total. The molecule has 0 unspecified atom stereocenters. The van der Waals surface area contributed by atoms with Crippen LogP contribution in [-0.4, -0.2) is 13.7 Å². The standard InChI is InChI=1S/C57H43N3/c1-5-13-52-46(6-2)48-33-39(21-28-54(48)58(52)43-14-9-7-10-15-43)41-23-30-56-50(35-41)51-36-42(24-31-57(51)60(56)45-25-18-37(3)19-26-45)40-22-29-55-49(34-40)47-32-38(4)20-27-53(47)59(55)44-16-11-8-12-17-44/h5-36H,2H2,1,3-4H3/b13-5-. The van der Waals surface area contributed by atoms with Gasteiger partial charge in [-0.05, 0) is 146 Å². The van der Waals surface area contributed by atoms with Crippen molar-refractivity contribution < 1.29 is 0 Å². The van der Waals surface area contributed by atoms with E-state index in [2.05, 4.69) is 229 Å². The van der Waals surface area contributed by atoms with E-state index in [1.54, 1.807) is 0 Å². The van der Waals surface area contributed by atoms with Crippen LogP contribution in [0.5, 0.6) is 0 Å². The first kappa shape index (κ1) is 35.5. The Kier molecular flexibility index (Phi) is 8.31. The molecule has 0 aliphatic carbocycles. The normalized spacial score (nSPS) is 11.9. The van der Waals surface area contributed by atoms with Crippen LogP contribution in [0, 0.1) is 13.8 Å². The van der Waals surface area contributed by atoms with Crippen molar-refractivity contribution in [2.24, 2.45) is 0 Å². The van der Waals surface area contributed by atoms with Gasteiger partial charge < -0.3 is 13.7 Å². The van der Waals surface area contributed by atoms with Crippen molar-refractivity contribution in [3.63, 3.8) is 0 Å². The summed E-state index contributed by atoms with van der Waals surface area (Å²) >= 11 is 0. The van der Waals surface area contributed by atoms with Gasteiger partial charge in [-0.3, -0.25) is 0 Å². The van der Waals surface area contributed by atoms with E-state index in [0.29, 0.717) is 0 Å². The first-order valence-electron chi connectivity index (χ1n) is 20.7. The fraction of sp³-hybridized carbons (Fsp3) is 0.0526. The van der Waals surface area contributed by atoms with Crippen LogP contribution in [0.25, 0.3) is 106 Å². The van der Waals surface area contributed by atoms with E-state index in [4.69, 9.17) is 0 Å². The van der Waals surface area contributed by atoms with Gasteiger partial charge in [0.05, 0.1) is 33.3 Å². The Bertz CT molecular complexity index is 3500. The van der Waals surface area contributed by atoms with Gasteiger partial charge in [-0.25, -0.2) is 0 Å². The van der Waals surface area contributed by atoms with E-state index in [1.165, 1.54) is 88.1 Å². The van der Waals surface area contributed by atoms with Gasteiger partial charge in [-0.1, -0.05) is 109 Å². The topological polar surface area (TPSA) is 14.8 Å². The Morgan fingerprint density at radius 1 is 0.383 bits per heavy atom. The number of rotatable bonds is 7. The lowest BCUT2D eigenvalue weighted by atomic mass is 9.98. The summed E-state index contributed by atoms with van der Waals surface area (Å²) in [5.41, 5.74) is 18.9. The van der Waals surface area contributed by atoms with E-state index in [9.17, 15) is 0 Å². The van der Waals surface area contributed by atoms with Gasteiger partial charge in [-0.15, -0.1) is 0 Å². The van der Waals surface area contributed by atoms with Crippen molar-refractivity contribution in [3.05, 3.63) is 211 Å². The lowest BCUT2D eigenvalue weighted by molar-refractivity contribution is 1.10. The number of aromatic nitrogens is 3. The minimum Gasteiger partial charge on any atom is -0.309 e. The molecule has 0 fully saturated rings. The van der Waals surface area contributed by atoms with Gasteiger partial charge in [0.2, 0.25) is 0 Å². The van der Waals surface area contributed by atoms with Gasteiger partial charge in [0.15, 0.2) is 0 Å². The summed E-state index contributed by atoms with van der Waals surface area (Å²) in [6.45, 7) is 10.7. The van der Waals surface area contributed by atoms with E-state index in [0.717, 1.165) is 28.1 Å². The Morgan fingerprint density at radius 2 is 0.767 bits per heavy atom. The smallest absolute Gasteiger partial charge is 0.0541 e. The van der Waals surface area contributed by atoms with Gasteiger partial charge in [-0.2, -0.15) is 0 Å². The molecule has 0 N–H and O–H groups in total. The molecule has 0 aliphatic rings. The zero-order valence-electron chi connectivity index (χ0n) is 34.0. The Labute approximate surface area is 350 Å². The van der Waals surface area contributed by atoms with Crippen LogP contribution in [0.2, 0.25) is 0 Å². The molecule has 286 valence electrons.